The number of anilines is 1. The minimum absolute atomic E-state index is 0.135. The molecule has 4 rings (SSSR count). The Bertz CT molecular complexity index is 1270. The van der Waals surface area contributed by atoms with Crippen molar-refractivity contribution in [1.82, 2.24) is 0 Å². The van der Waals surface area contributed by atoms with Crippen LogP contribution >= 0.6 is 11.3 Å². The molecular weight excluding hydrogens is 450 g/mol. The van der Waals surface area contributed by atoms with Crippen LogP contribution < -0.4 is 4.90 Å². The van der Waals surface area contributed by atoms with Crippen LogP contribution in [-0.4, -0.2) is 35.5 Å². The van der Waals surface area contributed by atoms with E-state index in [4.69, 9.17) is 4.74 Å². The number of non-ortho nitro benzene ring substituents is 1. The van der Waals surface area contributed by atoms with Crippen LogP contribution in [0.5, 0.6) is 0 Å². The number of hydrogen-bond donors (Lipinski definition) is 0. The van der Waals surface area contributed by atoms with Crippen molar-refractivity contribution in [3.05, 3.63) is 74.3 Å². The third-order valence-electron chi connectivity index (χ3n) is 4.76. The van der Waals surface area contributed by atoms with E-state index in [9.17, 15) is 25.0 Å². The molecule has 0 aliphatic carbocycles. The van der Waals surface area contributed by atoms with E-state index in [1.165, 1.54) is 17.4 Å². The van der Waals surface area contributed by atoms with Gasteiger partial charge in [-0.05, 0) is 18.6 Å². The first-order valence-corrected chi connectivity index (χ1v) is 10.7. The normalized spacial score (nSPS) is 12.7. The summed E-state index contributed by atoms with van der Waals surface area (Å²) in [7, 11) is 0. The van der Waals surface area contributed by atoms with Gasteiger partial charge in [0.2, 0.25) is 0 Å². The van der Waals surface area contributed by atoms with Crippen LogP contribution in [0.15, 0.2) is 58.8 Å². The molecule has 0 saturated carbocycles. The summed E-state index contributed by atoms with van der Waals surface area (Å²) in [6, 6.07) is 12.3. The van der Waals surface area contributed by atoms with E-state index in [1.54, 1.807) is 6.92 Å². The third-order valence-corrected chi connectivity index (χ3v) is 5.90. The maximum Gasteiger partial charge on any atom is 0.341 e. The Hall–Kier alpha value is -4.19. The number of nitro benzene ring substituents is 2. The number of carbonyl (C=O) groups excluding carboxylic acids is 1. The van der Waals surface area contributed by atoms with Crippen molar-refractivity contribution in [2.45, 2.75) is 6.92 Å². The zero-order valence-corrected chi connectivity index (χ0v) is 18.2. The monoisotopic (exact) mass is 467 g/mol. The van der Waals surface area contributed by atoms with Gasteiger partial charge in [-0.1, -0.05) is 41.7 Å². The average Bonchev–Trinajstić information content (AvgIpc) is 3.58. The van der Waals surface area contributed by atoms with E-state index in [1.807, 2.05) is 35.2 Å². The number of azo groups is 1. The summed E-state index contributed by atoms with van der Waals surface area (Å²) in [5, 5.41) is 31.7. The van der Waals surface area contributed by atoms with Gasteiger partial charge in [0.25, 0.3) is 5.69 Å². The van der Waals surface area contributed by atoms with E-state index in [2.05, 4.69) is 10.2 Å². The molecule has 1 aliphatic rings. The van der Waals surface area contributed by atoms with Crippen molar-refractivity contribution in [2.75, 3.05) is 24.6 Å². The molecule has 1 aromatic heterocycles. The van der Waals surface area contributed by atoms with Crippen molar-refractivity contribution in [2.24, 2.45) is 10.2 Å². The highest BCUT2D eigenvalue weighted by molar-refractivity contribution is 7.21. The summed E-state index contributed by atoms with van der Waals surface area (Å²) >= 11 is 1.23. The topological polar surface area (TPSA) is 140 Å². The molecule has 0 radical (unpaired) electrons. The first-order chi connectivity index (χ1) is 15.9. The molecule has 11 nitrogen and oxygen atoms in total. The highest BCUT2D eigenvalue weighted by Crippen LogP contribution is 2.49. The number of rotatable bonds is 8. The molecule has 1 saturated heterocycles. The van der Waals surface area contributed by atoms with Gasteiger partial charge in [-0.3, -0.25) is 20.2 Å². The fourth-order valence-electron chi connectivity index (χ4n) is 3.17. The molecule has 168 valence electrons. The lowest BCUT2D eigenvalue weighted by molar-refractivity contribution is -0.393. The summed E-state index contributed by atoms with van der Waals surface area (Å²) in [6.45, 7) is 3.49. The van der Waals surface area contributed by atoms with E-state index >= 15 is 0 Å². The van der Waals surface area contributed by atoms with Crippen LogP contribution in [0.3, 0.4) is 0 Å². The van der Waals surface area contributed by atoms with Crippen molar-refractivity contribution >= 4 is 44.4 Å². The second-order valence-electron chi connectivity index (χ2n) is 6.92. The molecule has 0 bridgehead atoms. The molecule has 0 atom stereocenters. The number of thiophene rings is 1. The molecule has 33 heavy (non-hydrogen) atoms. The summed E-state index contributed by atoms with van der Waals surface area (Å²) in [6.07, 6.45) is 0. The third kappa shape index (κ3) is 4.55. The maximum atomic E-state index is 12.9. The van der Waals surface area contributed by atoms with E-state index in [-0.39, 0.29) is 12.3 Å². The average molecular weight is 467 g/mol. The van der Waals surface area contributed by atoms with Crippen LogP contribution in [0.4, 0.5) is 27.1 Å². The highest BCUT2D eigenvalue weighted by atomic mass is 32.1. The van der Waals surface area contributed by atoms with Crippen molar-refractivity contribution in [1.29, 1.82) is 0 Å². The fourth-order valence-corrected chi connectivity index (χ4v) is 4.36. The number of benzene rings is 2. The summed E-state index contributed by atoms with van der Waals surface area (Å²) < 4.78 is 5.29. The van der Waals surface area contributed by atoms with E-state index in [0.29, 0.717) is 21.1 Å². The van der Waals surface area contributed by atoms with Gasteiger partial charge >= 0.3 is 11.7 Å². The standard InChI is InChI=1S/C21H17N5O6S/c1-2-32-21(27)18-17(13-6-4-3-5-7-13)19(33-20(18)24-10-11-24)23-22-15-9-8-14(25(28)29)12-16(15)26(30)31/h3-9,12H,2,10-11H2,1H3. The highest BCUT2D eigenvalue weighted by Gasteiger charge is 2.33. The molecule has 0 amide bonds. The number of nitro groups is 2. The van der Waals surface area contributed by atoms with Crippen molar-refractivity contribution < 1.29 is 19.4 Å². The Morgan fingerprint density at radius 3 is 2.42 bits per heavy atom. The Morgan fingerprint density at radius 1 is 1.09 bits per heavy atom. The molecule has 12 heteroatoms. The lowest BCUT2D eigenvalue weighted by atomic mass is 10.0. The van der Waals surface area contributed by atoms with Crippen LogP contribution in [0, 0.1) is 20.2 Å². The molecule has 0 unspecified atom stereocenters. The Kier molecular flexibility index (Phi) is 6.09. The second-order valence-corrected chi connectivity index (χ2v) is 7.90. The largest absolute Gasteiger partial charge is 0.462 e. The van der Waals surface area contributed by atoms with Crippen LogP contribution in [-0.2, 0) is 4.74 Å². The van der Waals surface area contributed by atoms with Crippen molar-refractivity contribution in [3.63, 3.8) is 0 Å². The summed E-state index contributed by atoms with van der Waals surface area (Å²) in [5.41, 5.74) is 0.519. The number of carbonyl (C=O) groups is 1. The van der Waals surface area contributed by atoms with Gasteiger partial charge in [0.1, 0.15) is 15.6 Å². The van der Waals surface area contributed by atoms with Gasteiger partial charge in [-0.25, -0.2) is 4.79 Å². The first-order valence-electron chi connectivity index (χ1n) is 9.89. The van der Waals surface area contributed by atoms with Gasteiger partial charge in [0.15, 0.2) is 5.69 Å². The number of esters is 1. The van der Waals surface area contributed by atoms with Crippen LogP contribution in [0.1, 0.15) is 17.3 Å². The minimum atomic E-state index is -0.751. The predicted molar refractivity (Wildman–Crippen MR) is 122 cm³/mol. The second kappa shape index (κ2) is 9.12. The molecule has 3 aromatic rings. The Balaban J connectivity index is 1.86. The van der Waals surface area contributed by atoms with Crippen molar-refractivity contribution in [3.8, 4) is 11.1 Å². The maximum absolute atomic E-state index is 12.9. The lowest BCUT2D eigenvalue weighted by Gasteiger charge is -2.08. The van der Waals surface area contributed by atoms with Gasteiger partial charge < -0.3 is 9.64 Å². The molecule has 0 spiro atoms. The Morgan fingerprint density at radius 2 is 1.82 bits per heavy atom. The fraction of sp³-hybridized carbons (Fsp3) is 0.190. The first kappa shape index (κ1) is 22.0. The van der Waals surface area contributed by atoms with Gasteiger partial charge in [0.05, 0.1) is 22.5 Å². The minimum Gasteiger partial charge on any atom is -0.462 e. The van der Waals surface area contributed by atoms with E-state index in [0.717, 1.165) is 30.8 Å². The molecule has 0 N–H and O–H groups in total. The predicted octanol–water partition coefficient (Wildman–Crippen LogP) is 5.64. The number of ether oxygens (including phenoxy) is 1. The Labute approximate surface area is 191 Å². The van der Waals surface area contributed by atoms with Crippen LogP contribution in [0.2, 0.25) is 0 Å². The SMILES string of the molecule is CCOC(=O)c1c(N2CC2)sc(N=Nc2ccc([N+](=O)[O-])cc2[N+](=O)[O-])c1-c1ccccc1. The zero-order chi connectivity index (χ0) is 23.5. The van der Waals surface area contributed by atoms with Gasteiger partial charge in [0, 0.05) is 24.7 Å². The molecule has 1 fully saturated rings. The van der Waals surface area contributed by atoms with Crippen LogP contribution in [0.25, 0.3) is 11.1 Å². The molecule has 2 heterocycles. The summed E-state index contributed by atoms with van der Waals surface area (Å²) in [5.74, 6) is -0.489. The number of hydrogen-bond acceptors (Lipinski definition) is 10. The van der Waals surface area contributed by atoms with Gasteiger partial charge in [-0.15, -0.1) is 10.2 Å². The molecular formula is C21H17N5O6S. The smallest absolute Gasteiger partial charge is 0.341 e. The van der Waals surface area contributed by atoms with E-state index < -0.39 is 27.2 Å². The quantitative estimate of drug-likeness (QED) is 0.137. The summed E-state index contributed by atoms with van der Waals surface area (Å²) in [4.78, 5) is 35.8. The molecule has 1 aliphatic heterocycles. The number of nitrogens with zero attached hydrogens (tertiary/aromatic N) is 5. The molecule has 2 aromatic carbocycles. The van der Waals surface area contributed by atoms with Gasteiger partial charge in [-0.2, -0.15) is 0 Å². The zero-order valence-electron chi connectivity index (χ0n) is 17.3. The lowest BCUT2D eigenvalue weighted by Crippen LogP contribution is -2.08.